The highest BCUT2D eigenvalue weighted by Crippen LogP contribution is 2.30. The van der Waals surface area contributed by atoms with Crippen LogP contribution in [0.2, 0.25) is 0 Å². The highest BCUT2D eigenvalue weighted by molar-refractivity contribution is 7.80. The minimum absolute atomic E-state index is 0.210. The first kappa shape index (κ1) is 25.4. The van der Waals surface area contributed by atoms with Crippen molar-refractivity contribution in [2.24, 2.45) is 0 Å². The largest absolute Gasteiger partial charge is 0.416 e. The van der Waals surface area contributed by atoms with Gasteiger partial charge in [0.25, 0.3) is 0 Å². The van der Waals surface area contributed by atoms with Crippen LogP contribution in [0.1, 0.15) is 39.3 Å². The SMILES string of the molecule is Cc1ccc(Cn2nc(C)c(NC(=S)Nc3cc(C)n(Cc4cccc(C(F)(F)F)c4)n3)c2C)cc1. The minimum atomic E-state index is -4.38. The molecule has 2 heterocycles. The average Bonchev–Trinajstić information content (AvgIpc) is 3.27. The molecule has 4 rings (SSSR count). The minimum Gasteiger partial charge on any atom is -0.329 e. The van der Waals surface area contributed by atoms with Crippen LogP contribution in [0.25, 0.3) is 0 Å². The number of hydrogen-bond donors (Lipinski definition) is 2. The Hall–Kier alpha value is -3.66. The fourth-order valence-corrected chi connectivity index (χ4v) is 4.12. The zero-order valence-corrected chi connectivity index (χ0v) is 21.3. The van der Waals surface area contributed by atoms with E-state index < -0.39 is 11.7 Å². The van der Waals surface area contributed by atoms with Gasteiger partial charge < -0.3 is 10.6 Å². The highest BCUT2D eigenvalue weighted by Gasteiger charge is 2.30. The Balaban J connectivity index is 1.43. The molecule has 0 spiro atoms. The third-order valence-electron chi connectivity index (χ3n) is 5.88. The Morgan fingerprint density at radius 3 is 2.25 bits per heavy atom. The maximum absolute atomic E-state index is 13.0. The van der Waals surface area contributed by atoms with Gasteiger partial charge in [-0.15, -0.1) is 0 Å². The maximum atomic E-state index is 13.0. The normalized spacial score (nSPS) is 11.5. The summed E-state index contributed by atoms with van der Waals surface area (Å²) in [4.78, 5) is 0. The van der Waals surface area contributed by atoms with Crippen LogP contribution in [0.3, 0.4) is 0 Å². The zero-order chi connectivity index (χ0) is 26.0. The average molecular weight is 513 g/mol. The zero-order valence-electron chi connectivity index (χ0n) is 20.4. The van der Waals surface area contributed by atoms with E-state index in [1.165, 1.54) is 11.6 Å². The summed E-state index contributed by atoms with van der Waals surface area (Å²) >= 11 is 5.50. The van der Waals surface area contributed by atoms with E-state index in [-0.39, 0.29) is 6.54 Å². The van der Waals surface area contributed by atoms with Crippen LogP contribution < -0.4 is 10.6 Å². The lowest BCUT2D eigenvalue weighted by molar-refractivity contribution is -0.137. The van der Waals surface area contributed by atoms with E-state index in [9.17, 15) is 13.2 Å². The fourth-order valence-electron chi connectivity index (χ4n) is 3.91. The second kappa shape index (κ2) is 10.1. The molecule has 0 aliphatic heterocycles. The van der Waals surface area contributed by atoms with E-state index in [1.807, 2.05) is 25.5 Å². The van der Waals surface area contributed by atoms with Gasteiger partial charge in [0.05, 0.1) is 35.7 Å². The second-order valence-corrected chi connectivity index (χ2v) is 9.20. The number of alkyl halides is 3. The van der Waals surface area contributed by atoms with E-state index in [0.717, 1.165) is 40.5 Å². The number of aromatic nitrogens is 4. The molecule has 2 N–H and O–H groups in total. The van der Waals surface area contributed by atoms with Crippen molar-refractivity contribution >= 4 is 28.8 Å². The van der Waals surface area contributed by atoms with E-state index in [4.69, 9.17) is 12.2 Å². The highest BCUT2D eigenvalue weighted by atomic mass is 32.1. The molecule has 0 atom stereocenters. The summed E-state index contributed by atoms with van der Waals surface area (Å²) in [6, 6.07) is 15.4. The molecule has 0 unspecified atom stereocenters. The Morgan fingerprint density at radius 2 is 1.56 bits per heavy atom. The van der Waals surface area contributed by atoms with Gasteiger partial charge in [0.15, 0.2) is 10.9 Å². The van der Waals surface area contributed by atoms with Gasteiger partial charge in [-0.1, -0.05) is 42.0 Å². The Kier molecular flexibility index (Phi) is 7.16. The van der Waals surface area contributed by atoms with Crippen LogP contribution in [0, 0.1) is 27.7 Å². The van der Waals surface area contributed by atoms with Gasteiger partial charge in [0.1, 0.15) is 0 Å². The van der Waals surface area contributed by atoms with Gasteiger partial charge >= 0.3 is 6.18 Å². The Bertz CT molecular complexity index is 1390. The predicted molar refractivity (Wildman–Crippen MR) is 139 cm³/mol. The van der Waals surface area contributed by atoms with Crippen molar-refractivity contribution in [2.45, 2.75) is 47.0 Å². The van der Waals surface area contributed by atoms with Gasteiger partial charge in [0.2, 0.25) is 0 Å². The van der Waals surface area contributed by atoms with Crippen LogP contribution in [0.4, 0.5) is 24.7 Å². The van der Waals surface area contributed by atoms with Crippen LogP contribution >= 0.6 is 12.2 Å². The molecule has 0 aliphatic carbocycles. The molecule has 0 bridgehead atoms. The van der Waals surface area contributed by atoms with E-state index in [0.29, 0.717) is 23.0 Å². The number of nitrogens with zero attached hydrogens (tertiary/aromatic N) is 4. The molecular formula is C26H27F3N6S. The van der Waals surface area contributed by atoms with Gasteiger partial charge in [-0.05, 0) is 63.2 Å². The molecule has 2 aromatic carbocycles. The molecule has 6 nitrogen and oxygen atoms in total. The molecule has 36 heavy (non-hydrogen) atoms. The first-order valence-corrected chi connectivity index (χ1v) is 11.8. The predicted octanol–water partition coefficient (Wildman–Crippen LogP) is 6.24. The van der Waals surface area contributed by atoms with Crippen LogP contribution in [-0.4, -0.2) is 24.7 Å². The van der Waals surface area contributed by atoms with Gasteiger partial charge in [-0.2, -0.15) is 23.4 Å². The summed E-state index contributed by atoms with van der Waals surface area (Å²) in [7, 11) is 0. The number of halogens is 3. The monoisotopic (exact) mass is 512 g/mol. The topological polar surface area (TPSA) is 59.7 Å². The van der Waals surface area contributed by atoms with Crippen molar-refractivity contribution in [2.75, 3.05) is 10.6 Å². The number of aryl methyl sites for hydroxylation is 3. The molecule has 0 aliphatic rings. The van der Waals surface area contributed by atoms with Crippen LogP contribution in [-0.2, 0) is 19.3 Å². The van der Waals surface area contributed by atoms with Crippen molar-refractivity contribution in [1.29, 1.82) is 0 Å². The maximum Gasteiger partial charge on any atom is 0.416 e. The van der Waals surface area contributed by atoms with Crippen molar-refractivity contribution in [3.8, 4) is 0 Å². The van der Waals surface area contributed by atoms with Crippen molar-refractivity contribution < 1.29 is 13.2 Å². The number of rotatable bonds is 6. The second-order valence-electron chi connectivity index (χ2n) is 8.79. The van der Waals surface area contributed by atoms with Gasteiger partial charge in [-0.3, -0.25) is 9.36 Å². The van der Waals surface area contributed by atoms with E-state index >= 15 is 0 Å². The van der Waals surface area contributed by atoms with E-state index in [1.54, 1.807) is 16.8 Å². The molecule has 0 radical (unpaired) electrons. The molecular weight excluding hydrogens is 485 g/mol. The summed E-state index contributed by atoms with van der Waals surface area (Å²) in [5.41, 5.74) is 5.56. The third kappa shape index (κ3) is 5.93. The first-order chi connectivity index (χ1) is 17.0. The van der Waals surface area contributed by atoms with Crippen LogP contribution in [0.5, 0.6) is 0 Å². The lowest BCUT2D eigenvalue weighted by atomic mass is 10.1. The van der Waals surface area contributed by atoms with Crippen LogP contribution in [0.15, 0.2) is 54.6 Å². The third-order valence-corrected chi connectivity index (χ3v) is 6.09. The quantitative estimate of drug-likeness (QED) is 0.300. The lowest BCUT2D eigenvalue weighted by Gasteiger charge is -2.10. The number of anilines is 2. The molecule has 0 saturated heterocycles. The van der Waals surface area contributed by atoms with Crippen molar-refractivity contribution in [1.82, 2.24) is 19.6 Å². The molecule has 4 aromatic rings. The number of nitrogens with one attached hydrogen (secondary N) is 2. The Labute approximate surface area is 213 Å². The molecule has 10 heteroatoms. The lowest BCUT2D eigenvalue weighted by Crippen LogP contribution is -2.20. The van der Waals surface area contributed by atoms with Gasteiger partial charge in [0, 0.05) is 11.8 Å². The smallest absolute Gasteiger partial charge is 0.329 e. The standard InChI is InChI=1S/C26H27F3N6S/c1-16-8-10-20(11-9-16)14-35-19(4)24(18(3)32-35)31-25(36)30-23-12-17(2)34(33-23)15-21-6-5-7-22(13-21)26(27,28)29/h5-13H,14-15H2,1-4H3,(H2,30,31,33,36). The molecule has 188 valence electrons. The number of thiocarbonyl (C=S) groups is 1. The molecule has 0 amide bonds. The van der Waals surface area contributed by atoms with E-state index in [2.05, 4.69) is 52.0 Å². The van der Waals surface area contributed by atoms with Crippen molar-refractivity contribution in [3.63, 3.8) is 0 Å². The molecule has 0 fully saturated rings. The summed E-state index contributed by atoms with van der Waals surface area (Å²) in [5.74, 6) is 0.499. The molecule has 0 saturated carbocycles. The summed E-state index contributed by atoms with van der Waals surface area (Å²) in [5, 5.41) is 15.7. The fraction of sp³-hybridized carbons (Fsp3) is 0.269. The summed E-state index contributed by atoms with van der Waals surface area (Å²) < 4.78 is 42.7. The first-order valence-electron chi connectivity index (χ1n) is 11.4. The summed E-state index contributed by atoms with van der Waals surface area (Å²) in [6.45, 7) is 8.64. The van der Waals surface area contributed by atoms with Crippen molar-refractivity contribution in [3.05, 3.63) is 93.9 Å². The molecule has 2 aromatic heterocycles. The number of benzene rings is 2. The summed E-state index contributed by atoms with van der Waals surface area (Å²) in [6.07, 6.45) is -4.38. The van der Waals surface area contributed by atoms with Gasteiger partial charge in [-0.25, -0.2) is 0 Å². The Morgan fingerprint density at radius 1 is 0.861 bits per heavy atom. The number of hydrogen-bond acceptors (Lipinski definition) is 3.